The van der Waals surface area contributed by atoms with Crippen LogP contribution in [0.15, 0.2) is 156 Å². The van der Waals surface area contributed by atoms with Crippen LogP contribution in [-0.4, -0.2) is 18.0 Å². The number of hydrogen-bond acceptors (Lipinski definition) is 3. The quantitative estimate of drug-likeness (QED) is 0.227. The highest BCUT2D eigenvalue weighted by Crippen LogP contribution is 2.54. The number of fused-ring (bicyclic) bond motifs is 5. The standard InChI is InChI=1S/C36H24N2O2S/c39-41(40)34-18-8-5-15-30(34)36(25-11-2-1-3-12-25,31-16-6-9-19-35(31)41)26-20-21-33-29(23-26)28-14-4-7-17-32(28)38(33)27-13-10-22-37-24-27/h1-24H. The summed E-state index contributed by atoms with van der Waals surface area (Å²) < 4.78 is 30.2. The first-order valence-corrected chi connectivity index (χ1v) is 15.0. The fraction of sp³-hybridized carbons (Fsp3) is 0.0278. The molecule has 2 aromatic heterocycles. The zero-order valence-corrected chi connectivity index (χ0v) is 22.8. The SMILES string of the molecule is O=S1(=O)c2ccccc2C(c2ccccc2)(c2ccc3c(c2)c2ccccc2n3-c2cccnc2)c2ccccc21. The Morgan fingerprint density at radius 1 is 0.561 bits per heavy atom. The predicted octanol–water partition coefficient (Wildman–Crippen LogP) is 7.71. The molecule has 1 aliphatic heterocycles. The molecule has 0 amide bonds. The Kier molecular flexibility index (Phi) is 5.09. The molecule has 0 atom stereocenters. The van der Waals surface area contributed by atoms with Gasteiger partial charge >= 0.3 is 0 Å². The second-order valence-electron chi connectivity index (χ2n) is 10.4. The number of benzene rings is 5. The number of para-hydroxylation sites is 1. The topological polar surface area (TPSA) is 52.0 Å². The molecule has 0 aliphatic carbocycles. The fourth-order valence-corrected chi connectivity index (χ4v) is 8.51. The molecule has 0 fully saturated rings. The van der Waals surface area contributed by atoms with Gasteiger partial charge in [0, 0.05) is 17.0 Å². The van der Waals surface area contributed by atoms with Crippen molar-refractivity contribution in [2.24, 2.45) is 0 Å². The van der Waals surface area contributed by atoms with E-state index in [2.05, 4.69) is 70.2 Å². The lowest BCUT2D eigenvalue weighted by Crippen LogP contribution is -2.37. The zero-order valence-electron chi connectivity index (χ0n) is 22.0. The van der Waals surface area contributed by atoms with Crippen molar-refractivity contribution in [3.63, 3.8) is 0 Å². The van der Waals surface area contributed by atoms with Crippen LogP contribution in [0.3, 0.4) is 0 Å². The largest absolute Gasteiger partial charge is 0.308 e. The maximum Gasteiger partial charge on any atom is 0.207 e. The maximum atomic E-state index is 14.0. The maximum absolute atomic E-state index is 14.0. The molecule has 196 valence electrons. The Morgan fingerprint density at radius 2 is 1.20 bits per heavy atom. The highest BCUT2D eigenvalue weighted by molar-refractivity contribution is 7.91. The molecule has 0 saturated heterocycles. The van der Waals surface area contributed by atoms with Crippen LogP contribution in [-0.2, 0) is 15.3 Å². The van der Waals surface area contributed by atoms with Crippen molar-refractivity contribution in [2.75, 3.05) is 0 Å². The number of nitrogens with zero attached hydrogens (tertiary/aromatic N) is 2. The molecule has 4 nitrogen and oxygen atoms in total. The van der Waals surface area contributed by atoms with E-state index in [1.165, 1.54) is 0 Å². The van der Waals surface area contributed by atoms with Crippen LogP contribution in [0.2, 0.25) is 0 Å². The van der Waals surface area contributed by atoms with Gasteiger partial charge in [-0.25, -0.2) is 8.42 Å². The summed E-state index contributed by atoms with van der Waals surface area (Å²) in [4.78, 5) is 5.08. The lowest BCUT2D eigenvalue weighted by atomic mass is 9.64. The lowest BCUT2D eigenvalue weighted by molar-refractivity contribution is 0.579. The van der Waals surface area contributed by atoms with Gasteiger partial charge in [0.25, 0.3) is 0 Å². The first-order chi connectivity index (χ1) is 20.1. The molecule has 0 unspecified atom stereocenters. The smallest absolute Gasteiger partial charge is 0.207 e. The number of sulfone groups is 1. The van der Waals surface area contributed by atoms with E-state index in [4.69, 9.17) is 0 Å². The Balaban J connectivity index is 1.55. The molecule has 1 aliphatic rings. The van der Waals surface area contributed by atoms with Gasteiger partial charge in [-0.05, 0) is 64.7 Å². The summed E-state index contributed by atoms with van der Waals surface area (Å²) in [6, 6.07) is 44.2. The molecule has 5 heteroatoms. The Morgan fingerprint density at radius 3 is 1.90 bits per heavy atom. The van der Waals surface area contributed by atoms with Crippen LogP contribution < -0.4 is 0 Å². The third kappa shape index (κ3) is 3.21. The van der Waals surface area contributed by atoms with Crippen LogP contribution in [0.5, 0.6) is 0 Å². The van der Waals surface area contributed by atoms with Gasteiger partial charge in [0.1, 0.15) is 0 Å². The van der Waals surface area contributed by atoms with E-state index < -0.39 is 15.3 Å². The second-order valence-corrected chi connectivity index (χ2v) is 12.3. The third-order valence-electron chi connectivity index (χ3n) is 8.38. The number of rotatable bonds is 3. The van der Waals surface area contributed by atoms with Gasteiger partial charge in [0.05, 0.1) is 38.1 Å². The second kappa shape index (κ2) is 8.75. The Labute approximate surface area is 238 Å². The van der Waals surface area contributed by atoms with E-state index in [1.807, 2.05) is 66.9 Å². The lowest BCUT2D eigenvalue weighted by Gasteiger charge is -2.41. The van der Waals surface area contributed by atoms with E-state index in [9.17, 15) is 8.42 Å². The van der Waals surface area contributed by atoms with Crippen molar-refractivity contribution in [2.45, 2.75) is 15.2 Å². The van der Waals surface area contributed by atoms with E-state index in [0.29, 0.717) is 9.79 Å². The highest BCUT2D eigenvalue weighted by atomic mass is 32.2. The van der Waals surface area contributed by atoms with E-state index >= 15 is 0 Å². The van der Waals surface area contributed by atoms with Crippen molar-refractivity contribution in [1.29, 1.82) is 0 Å². The van der Waals surface area contributed by atoms with Crippen LogP contribution in [0.25, 0.3) is 27.5 Å². The van der Waals surface area contributed by atoms with Crippen LogP contribution in [0, 0.1) is 0 Å². The third-order valence-corrected chi connectivity index (χ3v) is 10.2. The van der Waals surface area contributed by atoms with Gasteiger partial charge in [0.2, 0.25) is 9.84 Å². The minimum absolute atomic E-state index is 0.348. The molecule has 0 spiro atoms. The predicted molar refractivity (Wildman–Crippen MR) is 162 cm³/mol. The minimum Gasteiger partial charge on any atom is -0.308 e. The Bertz CT molecular complexity index is 2170. The summed E-state index contributed by atoms with van der Waals surface area (Å²) in [7, 11) is -3.71. The molecular weight excluding hydrogens is 524 g/mol. The molecule has 5 aromatic carbocycles. The zero-order chi connectivity index (χ0) is 27.6. The molecule has 0 bridgehead atoms. The van der Waals surface area contributed by atoms with Crippen molar-refractivity contribution >= 4 is 31.6 Å². The molecule has 8 rings (SSSR count). The summed E-state index contributed by atoms with van der Waals surface area (Å²) in [5.41, 5.74) is 5.87. The summed E-state index contributed by atoms with van der Waals surface area (Å²) in [5, 5.41) is 2.22. The highest BCUT2D eigenvalue weighted by Gasteiger charge is 2.48. The van der Waals surface area contributed by atoms with Gasteiger partial charge < -0.3 is 4.57 Å². The van der Waals surface area contributed by atoms with Crippen LogP contribution in [0.1, 0.15) is 22.3 Å². The molecular formula is C36H24N2O2S. The van der Waals surface area contributed by atoms with Gasteiger partial charge in [-0.2, -0.15) is 0 Å². The first-order valence-electron chi connectivity index (χ1n) is 13.6. The molecule has 0 saturated carbocycles. The number of hydrogen-bond donors (Lipinski definition) is 0. The fourth-order valence-electron chi connectivity index (χ4n) is 6.73. The summed E-state index contributed by atoms with van der Waals surface area (Å²) >= 11 is 0. The van der Waals surface area contributed by atoms with Gasteiger partial charge in [-0.3, -0.25) is 4.98 Å². The molecule has 7 aromatic rings. The van der Waals surface area contributed by atoms with E-state index in [1.54, 1.807) is 18.3 Å². The Hall–Kier alpha value is -5.00. The molecule has 0 N–H and O–H groups in total. The van der Waals surface area contributed by atoms with E-state index in [0.717, 1.165) is 49.7 Å². The van der Waals surface area contributed by atoms with Crippen molar-refractivity contribution in [3.8, 4) is 5.69 Å². The first kappa shape index (κ1) is 23.9. The normalized spacial score (nSPS) is 14.9. The molecule has 3 heterocycles. The molecule has 0 radical (unpaired) electrons. The number of pyridine rings is 1. The van der Waals surface area contributed by atoms with E-state index in [-0.39, 0.29) is 0 Å². The number of aromatic nitrogens is 2. The molecule has 41 heavy (non-hydrogen) atoms. The van der Waals surface area contributed by atoms with Crippen LogP contribution in [0.4, 0.5) is 0 Å². The summed E-state index contributed by atoms with van der Waals surface area (Å²) in [5.74, 6) is 0. The monoisotopic (exact) mass is 548 g/mol. The minimum atomic E-state index is -3.71. The van der Waals surface area contributed by atoms with Crippen molar-refractivity contribution in [3.05, 3.63) is 168 Å². The van der Waals surface area contributed by atoms with Crippen LogP contribution >= 0.6 is 0 Å². The van der Waals surface area contributed by atoms with Crippen molar-refractivity contribution < 1.29 is 8.42 Å². The van der Waals surface area contributed by atoms with Gasteiger partial charge in [-0.15, -0.1) is 0 Å². The average molecular weight is 549 g/mol. The summed E-state index contributed by atoms with van der Waals surface area (Å²) in [6.07, 6.45) is 3.66. The van der Waals surface area contributed by atoms with Crippen molar-refractivity contribution in [1.82, 2.24) is 9.55 Å². The summed E-state index contributed by atoms with van der Waals surface area (Å²) in [6.45, 7) is 0. The van der Waals surface area contributed by atoms with Gasteiger partial charge in [-0.1, -0.05) is 91.0 Å². The van der Waals surface area contributed by atoms with Gasteiger partial charge in [0.15, 0.2) is 0 Å². The average Bonchev–Trinajstić information content (AvgIpc) is 3.36.